The van der Waals surface area contributed by atoms with Crippen molar-refractivity contribution in [3.05, 3.63) is 42.7 Å². The molecule has 0 amide bonds. The van der Waals surface area contributed by atoms with Crippen molar-refractivity contribution in [2.75, 3.05) is 5.32 Å². The fourth-order valence-corrected chi connectivity index (χ4v) is 2.80. The van der Waals surface area contributed by atoms with Crippen LogP contribution in [-0.2, 0) is 0 Å². The van der Waals surface area contributed by atoms with Crippen molar-refractivity contribution < 1.29 is 0 Å². The van der Waals surface area contributed by atoms with Gasteiger partial charge < -0.3 is 5.32 Å². The van der Waals surface area contributed by atoms with Crippen molar-refractivity contribution in [2.45, 2.75) is 44.6 Å². The van der Waals surface area contributed by atoms with Gasteiger partial charge in [0, 0.05) is 11.6 Å². The van der Waals surface area contributed by atoms with Gasteiger partial charge in [0.25, 0.3) is 0 Å². The standard InChI is InChI=1S/C17H21N3/c1-2-7-11-15(10-6-1)20-16-12-18-17(19-13-16)14-8-4-3-5-9-14/h3-5,8-9,12-13,15,20H,1-2,6-7,10-11H2. The molecule has 1 N–H and O–H groups in total. The van der Waals surface area contributed by atoms with Gasteiger partial charge in [-0.15, -0.1) is 0 Å². The van der Waals surface area contributed by atoms with Crippen LogP contribution in [0.25, 0.3) is 11.4 Å². The number of nitrogens with one attached hydrogen (secondary N) is 1. The molecule has 0 radical (unpaired) electrons. The summed E-state index contributed by atoms with van der Waals surface area (Å²) in [6, 6.07) is 10.7. The van der Waals surface area contributed by atoms with Gasteiger partial charge in [0.1, 0.15) is 0 Å². The Morgan fingerprint density at radius 1 is 0.850 bits per heavy atom. The number of rotatable bonds is 3. The Balaban J connectivity index is 1.67. The second-order valence-electron chi connectivity index (χ2n) is 5.49. The van der Waals surface area contributed by atoms with E-state index in [2.05, 4.69) is 15.3 Å². The van der Waals surface area contributed by atoms with Crippen LogP contribution in [0.5, 0.6) is 0 Å². The lowest BCUT2D eigenvalue weighted by molar-refractivity contribution is 0.619. The van der Waals surface area contributed by atoms with Crippen molar-refractivity contribution in [3.63, 3.8) is 0 Å². The molecule has 0 saturated heterocycles. The maximum absolute atomic E-state index is 4.46. The lowest BCUT2D eigenvalue weighted by atomic mass is 10.1. The number of benzene rings is 1. The molecule has 1 fully saturated rings. The normalized spacial score (nSPS) is 16.6. The molecule has 1 aliphatic rings. The minimum atomic E-state index is 0.587. The highest BCUT2D eigenvalue weighted by Gasteiger charge is 2.12. The molecule has 0 unspecified atom stereocenters. The summed E-state index contributed by atoms with van der Waals surface area (Å²) < 4.78 is 0. The van der Waals surface area contributed by atoms with Crippen LogP contribution in [-0.4, -0.2) is 16.0 Å². The maximum Gasteiger partial charge on any atom is 0.159 e. The predicted molar refractivity (Wildman–Crippen MR) is 82.6 cm³/mol. The molecule has 1 aromatic heterocycles. The van der Waals surface area contributed by atoms with E-state index in [1.807, 2.05) is 42.7 Å². The fourth-order valence-electron chi connectivity index (χ4n) is 2.80. The molecule has 1 heterocycles. The maximum atomic E-state index is 4.46. The van der Waals surface area contributed by atoms with Crippen LogP contribution in [0.15, 0.2) is 42.7 Å². The summed E-state index contributed by atoms with van der Waals surface area (Å²) in [5.41, 5.74) is 2.10. The molecular weight excluding hydrogens is 246 g/mol. The minimum absolute atomic E-state index is 0.587. The molecule has 0 bridgehead atoms. The fraction of sp³-hybridized carbons (Fsp3) is 0.412. The van der Waals surface area contributed by atoms with Crippen LogP contribution in [0.4, 0.5) is 5.69 Å². The summed E-state index contributed by atoms with van der Waals surface area (Å²) in [6.07, 6.45) is 11.8. The van der Waals surface area contributed by atoms with Gasteiger partial charge >= 0.3 is 0 Å². The van der Waals surface area contributed by atoms with Gasteiger partial charge in [-0.2, -0.15) is 0 Å². The monoisotopic (exact) mass is 267 g/mol. The molecule has 0 atom stereocenters. The molecule has 3 nitrogen and oxygen atoms in total. The number of anilines is 1. The average molecular weight is 267 g/mol. The Bertz CT molecular complexity index is 514. The molecule has 1 aromatic carbocycles. The highest BCUT2D eigenvalue weighted by atomic mass is 15.0. The van der Waals surface area contributed by atoms with Crippen LogP contribution >= 0.6 is 0 Å². The van der Waals surface area contributed by atoms with Crippen LogP contribution in [0.2, 0.25) is 0 Å². The topological polar surface area (TPSA) is 37.8 Å². The molecule has 3 rings (SSSR count). The third kappa shape index (κ3) is 3.35. The highest BCUT2D eigenvalue weighted by molar-refractivity contribution is 5.55. The summed E-state index contributed by atoms with van der Waals surface area (Å²) in [6.45, 7) is 0. The molecule has 0 aliphatic heterocycles. The van der Waals surface area contributed by atoms with E-state index in [4.69, 9.17) is 0 Å². The Labute approximate surface area is 120 Å². The smallest absolute Gasteiger partial charge is 0.159 e. The third-order valence-corrected chi connectivity index (χ3v) is 3.91. The quantitative estimate of drug-likeness (QED) is 0.843. The number of hydrogen-bond acceptors (Lipinski definition) is 3. The van der Waals surface area contributed by atoms with Crippen molar-refractivity contribution in [1.29, 1.82) is 0 Å². The molecule has 1 aliphatic carbocycles. The predicted octanol–water partition coefficient (Wildman–Crippen LogP) is 4.28. The molecule has 2 aromatic rings. The minimum Gasteiger partial charge on any atom is -0.380 e. The first-order chi connectivity index (χ1) is 9.92. The highest BCUT2D eigenvalue weighted by Crippen LogP contribution is 2.21. The largest absolute Gasteiger partial charge is 0.380 e. The van der Waals surface area contributed by atoms with Crippen molar-refractivity contribution >= 4 is 5.69 Å². The summed E-state index contributed by atoms with van der Waals surface area (Å²) >= 11 is 0. The van der Waals surface area contributed by atoms with Gasteiger partial charge in [0.2, 0.25) is 0 Å². The van der Waals surface area contributed by atoms with E-state index in [1.165, 1.54) is 38.5 Å². The van der Waals surface area contributed by atoms with Gasteiger partial charge in [-0.1, -0.05) is 56.0 Å². The second kappa shape index (κ2) is 6.51. The summed E-state index contributed by atoms with van der Waals surface area (Å²) in [5, 5.41) is 3.57. The zero-order valence-electron chi connectivity index (χ0n) is 11.8. The van der Waals surface area contributed by atoms with E-state index in [0.717, 1.165) is 17.1 Å². The Hall–Kier alpha value is -1.90. The van der Waals surface area contributed by atoms with Crippen molar-refractivity contribution in [2.24, 2.45) is 0 Å². The first-order valence-electron chi connectivity index (χ1n) is 7.56. The van der Waals surface area contributed by atoms with E-state index < -0.39 is 0 Å². The van der Waals surface area contributed by atoms with E-state index >= 15 is 0 Å². The van der Waals surface area contributed by atoms with Gasteiger partial charge in [-0.3, -0.25) is 0 Å². The first-order valence-corrected chi connectivity index (χ1v) is 7.56. The van der Waals surface area contributed by atoms with Crippen LogP contribution < -0.4 is 5.32 Å². The zero-order valence-corrected chi connectivity index (χ0v) is 11.8. The van der Waals surface area contributed by atoms with E-state index in [-0.39, 0.29) is 0 Å². The Kier molecular flexibility index (Phi) is 4.26. The van der Waals surface area contributed by atoms with Crippen molar-refractivity contribution in [1.82, 2.24) is 9.97 Å². The third-order valence-electron chi connectivity index (χ3n) is 3.91. The van der Waals surface area contributed by atoms with Crippen LogP contribution in [0.1, 0.15) is 38.5 Å². The van der Waals surface area contributed by atoms with Gasteiger partial charge in [0.05, 0.1) is 18.1 Å². The average Bonchev–Trinajstić information content (AvgIpc) is 2.78. The molecule has 1 saturated carbocycles. The molecule has 20 heavy (non-hydrogen) atoms. The van der Waals surface area contributed by atoms with E-state index in [9.17, 15) is 0 Å². The lowest BCUT2D eigenvalue weighted by Gasteiger charge is -2.17. The molecule has 0 spiro atoms. The Morgan fingerprint density at radius 3 is 2.15 bits per heavy atom. The summed E-state index contributed by atoms with van der Waals surface area (Å²) in [5.74, 6) is 0.789. The van der Waals surface area contributed by atoms with Gasteiger partial charge in [-0.25, -0.2) is 9.97 Å². The zero-order chi connectivity index (χ0) is 13.6. The number of nitrogens with zero attached hydrogens (tertiary/aromatic N) is 2. The molecular formula is C17H21N3. The van der Waals surface area contributed by atoms with Crippen LogP contribution in [0, 0.1) is 0 Å². The van der Waals surface area contributed by atoms with Crippen molar-refractivity contribution in [3.8, 4) is 11.4 Å². The molecule has 3 heteroatoms. The van der Waals surface area contributed by atoms with Gasteiger partial charge in [0.15, 0.2) is 5.82 Å². The SMILES string of the molecule is c1ccc(-c2ncc(NC3CCCCCC3)cn2)cc1. The summed E-state index contributed by atoms with van der Waals surface area (Å²) in [4.78, 5) is 8.93. The summed E-state index contributed by atoms with van der Waals surface area (Å²) in [7, 11) is 0. The van der Waals surface area contributed by atoms with Gasteiger partial charge in [-0.05, 0) is 12.8 Å². The number of aromatic nitrogens is 2. The van der Waals surface area contributed by atoms with Crippen LogP contribution in [0.3, 0.4) is 0 Å². The lowest BCUT2D eigenvalue weighted by Crippen LogP contribution is -2.18. The molecule has 104 valence electrons. The Morgan fingerprint density at radius 2 is 1.50 bits per heavy atom. The first kappa shape index (κ1) is 13.1. The van der Waals surface area contributed by atoms with E-state index in [1.54, 1.807) is 0 Å². The van der Waals surface area contributed by atoms with E-state index in [0.29, 0.717) is 6.04 Å². The number of hydrogen-bond donors (Lipinski definition) is 1. The second-order valence-corrected chi connectivity index (χ2v) is 5.49.